The number of aromatic hydroxyl groups is 1. The van der Waals surface area contributed by atoms with Gasteiger partial charge in [-0.1, -0.05) is 22.9 Å². The normalized spacial score (nSPS) is 10.5. The Morgan fingerprint density at radius 1 is 1.26 bits per heavy atom. The van der Waals surface area contributed by atoms with Crippen molar-refractivity contribution in [2.45, 2.75) is 20.3 Å². The highest BCUT2D eigenvalue weighted by Crippen LogP contribution is 2.32. The molecule has 4 nitrogen and oxygen atoms in total. The fraction of sp³-hybridized carbons (Fsp3) is 0.286. The number of rotatable bonds is 4. The number of benzene rings is 1. The third-order valence-corrected chi connectivity index (χ3v) is 3.25. The van der Waals surface area contributed by atoms with Crippen molar-refractivity contribution in [1.82, 2.24) is 10.2 Å². The number of hydrogen-bond donors (Lipinski definition) is 2. The van der Waals surface area contributed by atoms with Gasteiger partial charge in [0.25, 0.3) is 0 Å². The maximum Gasteiger partial charge on any atom is 0.148 e. The molecule has 0 aliphatic heterocycles. The van der Waals surface area contributed by atoms with Gasteiger partial charge in [-0.15, -0.1) is 10.2 Å². The first-order chi connectivity index (χ1) is 9.11. The molecule has 0 radical (unpaired) electrons. The van der Waals surface area contributed by atoms with Gasteiger partial charge in [0.05, 0.1) is 5.69 Å². The molecule has 0 saturated carbocycles. The molecule has 2 aromatic rings. The Labute approximate surface area is 121 Å². The zero-order valence-electron chi connectivity index (χ0n) is 10.9. The molecule has 0 spiro atoms. The van der Waals surface area contributed by atoms with Crippen molar-refractivity contribution in [2.75, 3.05) is 11.9 Å². The van der Waals surface area contributed by atoms with E-state index < -0.39 is 0 Å². The predicted molar refractivity (Wildman–Crippen MR) is 80.4 cm³/mol. The maximum absolute atomic E-state index is 9.92. The molecule has 0 atom stereocenters. The van der Waals surface area contributed by atoms with Gasteiger partial charge in [-0.3, -0.25) is 0 Å². The van der Waals surface area contributed by atoms with E-state index in [0.717, 1.165) is 28.8 Å². The number of anilines is 1. The van der Waals surface area contributed by atoms with Crippen LogP contribution >= 0.6 is 15.9 Å². The highest BCUT2D eigenvalue weighted by atomic mass is 79.9. The number of halogens is 1. The highest BCUT2D eigenvalue weighted by molar-refractivity contribution is 9.10. The topological polar surface area (TPSA) is 58.0 Å². The Morgan fingerprint density at radius 2 is 2.05 bits per heavy atom. The van der Waals surface area contributed by atoms with Crippen LogP contribution in [0.1, 0.15) is 18.9 Å². The van der Waals surface area contributed by atoms with E-state index in [4.69, 9.17) is 0 Å². The van der Waals surface area contributed by atoms with E-state index in [2.05, 4.69) is 38.4 Å². The minimum absolute atomic E-state index is 0.204. The molecular weight excluding hydrogens is 306 g/mol. The zero-order valence-corrected chi connectivity index (χ0v) is 12.5. The number of nitrogens with zero attached hydrogens (tertiary/aromatic N) is 2. The van der Waals surface area contributed by atoms with E-state index in [-0.39, 0.29) is 5.75 Å². The molecule has 2 rings (SSSR count). The van der Waals surface area contributed by atoms with Gasteiger partial charge in [0.15, 0.2) is 0 Å². The highest BCUT2D eigenvalue weighted by Gasteiger charge is 2.11. The Hall–Kier alpha value is -1.62. The van der Waals surface area contributed by atoms with Crippen LogP contribution in [0.3, 0.4) is 0 Å². The van der Waals surface area contributed by atoms with E-state index in [0.29, 0.717) is 11.3 Å². The molecule has 19 heavy (non-hydrogen) atoms. The number of nitrogens with one attached hydrogen (secondary N) is 1. The summed E-state index contributed by atoms with van der Waals surface area (Å²) in [5, 5.41) is 21.5. The van der Waals surface area contributed by atoms with Crippen LogP contribution in [0.25, 0.3) is 11.3 Å². The summed E-state index contributed by atoms with van der Waals surface area (Å²) in [6.45, 7) is 4.93. The van der Waals surface area contributed by atoms with Gasteiger partial charge in [0.1, 0.15) is 11.6 Å². The summed E-state index contributed by atoms with van der Waals surface area (Å²) in [6.07, 6.45) is 1.04. The zero-order chi connectivity index (χ0) is 13.8. The van der Waals surface area contributed by atoms with Gasteiger partial charge in [0, 0.05) is 16.6 Å². The summed E-state index contributed by atoms with van der Waals surface area (Å²) in [5.74, 6) is 0.965. The van der Waals surface area contributed by atoms with Crippen LogP contribution in [0, 0.1) is 6.92 Å². The number of phenols is 1. The minimum atomic E-state index is 0.204. The monoisotopic (exact) mass is 321 g/mol. The van der Waals surface area contributed by atoms with Crippen molar-refractivity contribution >= 4 is 21.7 Å². The summed E-state index contributed by atoms with van der Waals surface area (Å²) in [6, 6.07) is 7.21. The van der Waals surface area contributed by atoms with Crippen molar-refractivity contribution in [3.63, 3.8) is 0 Å². The van der Waals surface area contributed by atoms with Gasteiger partial charge in [-0.05, 0) is 43.2 Å². The number of aryl methyl sites for hydroxylation is 1. The van der Waals surface area contributed by atoms with E-state index >= 15 is 0 Å². The quantitative estimate of drug-likeness (QED) is 0.900. The van der Waals surface area contributed by atoms with Gasteiger partial charge in [-0.2, -0.15) is 0 Å². The number of aromatic nitrogens is 2. The second kappa shape index (κ2) is 6.02. The van der Waals surface area contributed by atoms with Crippen molar-refractivity contribution in [1.29, 1.82) is 0 Å². The fourth-order valence-electron chi connectivity index (χ4n) is 1.79. The first-order valence-corrected chi connectivity index (χ1v) is 6.98. The molecule has 100 valence electrons. The fourth-order valence-corrected chi connectivity index (χ4v) is 2.15. The molecule has 1 aromatic heterocycles. The van der Waals surface area contributed by atoms with Crippen LogP contribution in [-0.2, 0) is 0 Å². The van der Waals surface area contributed by atoms with E-state index in [9.17, 15) is 5.11 Å². The average Bonchev–Trinajstić information content (AvgIpc) is 2.40. The lowest BCUT2D eigenvalue weighted by Crippen LogP contribution is -2.04. The number of phenolic OH excluding ortho intramolecular Hbond substituents is 1. The molecule has 0 saturated heterocycles. The molecule has 0 unspecified atom stereocenters. The molecule has 0 aliphatic carbocycles. The molecule has 1 heterocycles. The predicted octanol–water partition coefficient (Wildman–Crippen LogP) is 3.74. The smallest absolute Gasteiger partial charge is 0.148 e. The summed E-state index contributed by atoms with van der Waals surface area (Å²) in [4.78, 5) is 0. The van der Waals surface area contributed by atoms with Crippen molar-refractivity contribution in [3.8, 4) is 17.0 Å². The van der Waals surface area contributed by atoms with Crippen molar-refractivity contribution < 1.29 is 5.11 Å². The van der Waals surface area contributed by atoms with Crippen LogP contribution in [0.15, 0.2) is 28.7 Å². The Balaban J connectivity index is 2.37. The average molecular weight is 322 g/mol. The van der Waals surface area contributed by atoms with E-state index in [1.807, 2.05) is 19.1 Å². The molecule has 2 N–H and O–H groups in total. The summed E-state index contributed by atoms with van der Waals surface area (Å²) in [5.41, 5.74) is 2.35. The lowest BCUT2D eigenvalue weighted by atomic mass is 10.1. The maximum atomic E-state index is 9.92. The largest absolute Gasteiger partial charge is 0.507 e. The van der Waals surface area contributed by atoms with Gasteiger partial charge in [-0.25, -0.2) is 0 Å². The van der Waals surface area contributed by atoms with Crippen molar-refractivity contribution in [3.05, 3.63) is 34.3 Å². The van der Waals surface area contributed by atoms with Gasteiger partial charge < -0.3 is 10.4 Å². The van der Waals surface area contributed by atoms with Crippen molar-refractivity contribution in [2.24, 2.45) is 0 Å². The van der Waals surface area contributed by atoms with Gasteiger partial charge in [0.2, 0.25) is 0 Å². The molecule has 0 amide bonds. The summed E-state index contributed by atoms with van der Waals surface area (Å²) >= 11 is 3.40. The third-order valence-electron chi connectivity index (χ3n) is 2.75. The lowest BCUT2D eigenvalue weighted by molar-refractivity contribution is 0.477. The Bertz CT molecular complexity index is 587. The van der Waals surface area contributed by atoms with Crippen LogP contribution in [0.5, 0.6) is 5.75 Å². The Kier molecular flexibility index (Phi) is 4.37. The number of hydrogen-bond acceptors (Lipinski definition) is 4. The molecule has 0 fully saturated rings. The lowest BCUT2D eigenvalue weighted by Gasteiger charge is -2.09. The molecule has 0 bridgehead atoms. The molecular formula is C14H16BrN3O. The third kappa shape index (κ3) is 3.23. The van der Waals surface area contributed by atoms with Crippen LogP contribution in [0.2, 0.25) is 0 Å². The summed E-state index contributed by atoms with van der Waals surface area (Å²) < 4.78 is 0.898. The molecule has 0 aliphatic rings. The standard InChI is InChI=1S/C14H16BrN3O/c1-3-6-16-13-7-9(2)14(18-17-13)11-8-10(15)4-5-12(11)19/h4-5,7-8,19H,3,6H2,1-2H3,(H,16,17). The Morgan fingerprint density at radius 3 is 2.74 bits per heavy atom. The molecule has 5 heteroatoms. The summed E-state index contributed by atoms with van der Waals surface area (Å²) in [7, 11) is 0. The SMILES string of the molecule is CCCNc1cc(C)c(-c2cc(Br)ccc2O)nn1. The molecule has 1 aromatic carbocycles. The van der Waals surface area contributed by atoms with E-state index in [1.54, 1.807) is 12.1 Å². The first-order valence-electron chi connectivity index (χ1n) is 6.19. The van der Waals surface area contributed by atoms with Crippen LogP contribution in [-0.4, -0.2) is 21.8 Å². The second-order valence-electron chi connectivity index (χ2n) is 4.35. The van der Waals surface area contributed by atoms with E-state index in [1.165, 1.54) is 0 Å². The first kappa shape index (κ1) is 13.8. The van der Waals surface area contributed by atoms with Crippen LogP contribution < -0.4 is 5.32 Å². The second-order valence-corrected chi connectivity index (χ2v) is 5.27. The van der Waals surface area contributed by atoms with Crippen LogP contribution in [0.4, 0.5) is 5.82 Å². The minimum Gasteiger partial charge on any atom is -0.507 e. The van der Waals surface area contributed by atoms with Gasteiger partial charge >= 0.3 is 0 Å².